The number of likely N-dealkylation sites (tertiary alicyclic amines) is 1. The lowest BCUT2D eigenvalue weighted by Gasteiger charge is -2.62. The maximum absolute atomic E-state index is 12.4. The minimum absolute atomic E-state index is 0.281. The van der Waals surface area contributed by atoms with Gasteiger partial charge in [-0.2, -0.15) is 0 Å². The highest BCUT2D eigenvalue weighted by atomic mass is 28.4. The van der Waals surface area contributed by atoms with Crippen molar-refractivity contribution < 1.29 is 9.22 Å². The maximum atomic E-state index is 12.4. The molecule has 0 N–H and O–H groups in total. The predicted octanol–water partition coefficient (Wildman–Crippen LogP) is 6.24. The van der Waals surface area contributed by atoms with Crippen molar-refractivity contribution in [1.29, 1.82) is 0 Å². The Morgan fingerprint density at radius 3 is 2.28 bits per heavy atom. The largest absolute Gasteiger partial charge is 0.413 e. The van der Waals surface area contributed by atoms with Crippen LogP contribution < -0.4 is 0 Å². The fourth-order valence-electron chi connectivity index (χ4n) is 7.83. The lowest BCUT2D eigenvalue weighted by molar-refractivity contribution is -0.159. The standard InChI is InChI=1S/C25H45NO2Si/c1-23(2,3)29(7,8)28-21-12-10-18-17-9-11-20-24(4,16-14-22(27)26(20)6)19(17)13-15-25(18,21)5/h17-21H,9-16H2,1-8H3/t17-,18-,19+,20?,21?,24+,25-/m0/s1. The van der Waals surface area contributed by atoms with Crippen LogP contribution in [-0.2, 0) is 9.22 Å². The fourth-order valence-corrected chi connectivity index (χ4v) is 9.28. The normalized spacial score (nSPS) is 45.6. The Morgan fingerprint density at radius 1 is 0.966 bits per heavy atom. The van der Waals surface area contributed by atoms with E-state index in [-0.39, 0.29) is 5.04 Å². The van der Waals surface area contributed by atoms with Crippen molar-refractivity contribution in [2.45, 2.75) is 116 Å². The van der Waals surface area contributed by atoms with Gasteiger partial charge in [0.05, 0.1) is 6.10 Å². The molecule has 3 saturated carbocycles. The van der Waals surface area contributed by atoms with Crippen LogP contribution in [0.5, 0.6) is 0 Å². The molecule has 1 heterocycles. The van der Waals surface area contributed by atoms with Crippen LogP contribution in [0.4, 0.5) is 0 Å². The smallest absolute Gasteiger partial charge is 0.222 e. The third-order valence-electron chi connectivity index (χ3n) is 10.7. The van der Waals surface area contributed by atoms with Gasteiger partial charge in [-0.3, -0.25) is 4.79 Å². The van der Waals surface area contributed by atoms with Gasteiger partial charge >= 0.3 is 0 Å². The summed E-state index contributed by atoms with van der Waals surface area (Å²) in [5.41, 5.74) is 0.682. The molecule has 166 valence electrons. The summed E-state index contributed by atoms with van der Waals surface area (Å²) < 4.78 is 7.06. The minimum Gasteiger partial charge on any atom is -0.413 e. The molecule has 4 fully saturated rings. The molecule has 7 atom stereocenters. The number of fused-ring (bicyclic) bond motifs is 5. The van der Waals surface area contributed by atoms with Crippen molar-refractivity contribution >= 4 is 14.2 Å². The summed E-state index contributed by atoms with van der Waals surface area (Å²) in [7, 11) is 0.325. The van der Waals surface area contributed by atoms with E-state index in [1.807, 2.05) is 0 Å². The molecule has 0 aromatic rings. The van der Waals surface area contributed by atoms with E-state index in [4.69, 9.17) is 4.43 Å². The number of piperidine rings is 1. The molecule has 0 bridgehead atoms. The number of carbonyl (C=O) groups is 1. The van der Waals surface area contributed by atoms with Crippen molar-refractivity contribution in [1.82, 2.24) is 4.90 Å². The second-order valence-electron chi connectivity index (χ2n) is 13.0. The molecule has 29 heavy (non-hydrogen) atoms. The monoisotopic (exact) mass is 419 g/mol. The van der Waals surface area contributed by atoms with Crippen LogP contribution in [-0.4, -0.2) is 38.3 Å². The third-order valence-corrected chi connectivity index (χ3v) is 15.2. The molecule has 3 nitrogen and oxygen atoms in total. The van der Waals surface area contributed by atoms with Crippen molar-refractivity contribution in [2.24, 2.45) is 28.6 Å². The highest BCUT2D eigenvalue weighted by molar-refractivity contribution is 6.74. The van der Waals surface area contributed by atoms with Crippen LogP contribution in [0.2, 0.25) is 18.1 Å². The highest BCUT2D eigenvalue weighted by Crippen LogP contribution is 2.65. The van der Waals surface area contributed by atoms with Gasteiger partial charge in [0.1, 0.15) is 0 Å². The number of amides is 1. The molecule has 0 aromatic heterocycles. The van der Waals surface area contributed by atoms with Crippen LogP contribution in [0.1, 0.15) is 86.0 Å². The highest BCUT2D eigenvalue weighted by Gasteiger charge is 2.62. The zero-order chi connectivity index (χ0) is 21.4. The lowest BCUT2D eigenvalue weighted by Crippen LogP contribution is -2.61. The van der Waals surface area contributed by atoms with Gasteiger partial charge in [0, 0.05) is 19.5 Å². The SMILES string of the molecule is CN1C(=O)CC[C@@]2(C)C1CC[C@@H]1[C@H]2CC[C@]2(C)C(O[Si](C)(C)C(C)(C)C)CC[C@@H]12. The fraction of sp³-hybridized carbons (Fsp3) is 0.960. The Labute approximate surface area is 180 Å². The van der Waals surface area contributed by atoms with Gasteiger partial charge in [-0.1, -0.05) is 34.6 Å². The van der Waals surface area contributed by atoms with Gasteiger partial charge in [0.15, 0.2) is 8.32 Å². The molecule has 2 unspecified atom stereocenters. The lowest BCUT2D eigenvalue weighted by atomic mass is 9.47. The van der Waals surface area contributed by atoms with Crippen LogP contribution in [0.15, 0.2) is 0 Å². The van der Waals surface area contributed by atoms with E-state index in [1.54, 1.807) is 0 Å². The van der Waals surface area contributed by atoms with Crippen molar-refractivity contribution in [3.05, 3.63) is 0 Å². The summed E-state index contributed by atoms with van der Waals surface area (Å²) in [5, 5.41) is 0.281. The number of hydrogen-bond donors (Lipinski definition) is 0. The topological polar surface area (TPSA) is 29.5 Å². The molecule has 3 aliphatic carbocycles. The first-order valence-corrected chi connectivity index (χ1v) is 15.2. The van der Waals surface area contributed by atoms with Crippen LogP contribution in [0, 0.1) is 28.6 Å². The Hall–Kier alpha value is -0.353. The second kappa shape index (κ2) is 6.82. The molecular weight excluding hydrogens is 374 g/mol. The first-order valence-electron chi connectivity index (χ1n) is 12.2. The average molecular weight is 420 g/mol. The average Bonchev–Trinajstić information content (AvgIpc) is 2.94. The molecule has 1 amide bonds. The summed E-state index contributed by atoms with van der Waals surface area (Å²) in [6, 6.07) is 0.468. The Morgan fingerprint density at radius 2 is 1.62 bits per heavy atom. The second-order valence-corrected chi connectivity index (χ2v) is 17.7. The van der Waals surface area contributed by atoms with E-state index < -0.39 is 8.32 Å². The first kappa shape index (κ1) is 21.9. The molecule has 4 heteroatoms. The van der Waals surface area contributed by atoms with E-state index in [2.05, 4.69) is 59.7 Å². The summed E-state index contributed by atoms with van der Waals surface area (Å²) in [6.07, 6.45) is 10.1. The van der Waals surface area contributed by atoms with Gasteiger partial charge < -0.3 is 9.33 Å². The van der Waals surface area contributed by atoms with E-state index in [0.29, 0.717) is 28.9 Å². The zero-order valence-electron chi connectivity index (χ0n) is 20.3. The minimum atomic E-state index is -1.74. The third kappa shape index (κ3) is 3.18. The number of rotatable bonds is 2. The predicted molar refractivity (Wildman–Crippen MR) is 122 cm³/mol. The summed E-state index contributed by atoms with van der Waals surface area (Å²) in [6.45, 7) is 17.1. The van der Waals surface area contributed by atoms with Crippen LogP contribution in [0.3, 0.4) is 0 Å². The van der Waals surface area contributed by atoms with Crippen LogP contribution >= 0.6 is 0 Å². The Bertz CT molecular complexity index is 670. The van der Waals surface area contributed by atoms with Gasteiger partial charge in [0.25, 0.3) is 0 Å². The number of nitrogens with zero attached hydrogens (tertiary/aromatic N) is 1. The zero-order valence-corrected chi connectivity index (χ0v) is 21.3. The van der Waals surface area contributed by atoms with Gasteiger partial charge in [-0.25, -0.2) is 0 Å². The van der Waals surface area contributed by atoms with E-state index in [9.17, 15) is 4.79 Å². The summed E-state index contributed by atoms with van der Waals surface area (Å²) >= 11 is 0. The molecule has 1 aliphatic heterocycles. The molecule has 1 saturated heterocycles. The van der Waals surface area contributed by atoms with E-state index in [0.717, 1.165) is 30.6 Å². The molecule has 0 aromatic carbocycles. The van der Waals surface area contributed by atoms with Gasteiger partial charge in [0.2, 0.25) is 5.91 Å². The Kier molecular flexibility index (Phi) is 5.14. The molecule has 0 spiro atoms. The van der Waals surface area contributed by atoms with Crippen molar-refractivity contribution in [3.8, 4) is 0 Å². The molecule has 4 rings (SSSR count). The summed E-state index contributed by atoms with van der Waals surface area (Å²) in [5.74, 6) is 2.82. The molecule has 4 aliphatic rings. The van der Waals surface area contributed by atoms with Crippen LogP contribution in [0.25, 0.3) is 0 Å². The first-order chi connectivity index (χ1) is 13.3. The van der Waals surface area contributed by atoms with Crippen molar-refractivity contribution in [3.63, 3.8) is 0 Å². The quantitative estimate of drug-likeness (QED) is 0.496. The Balaban J connectivity index is 1.56. The molecule has 0 radical (unpaired) electrons. The van der Waals surface area contributed by atoms with E-state index >= 15 is 0 Å². The van der Waals surface area contributed by atoms with Gasteiger partial charge in [-0.15, -0.1) is 0 Å². The van der Waals surface area contributed by atoms with Crippen molar-refractivity contribution in [2.75, 3.05) is 7.05 Å². The van der Waals surface area contributed by atoms with Gasteiger partial charge in [-0.05, 0) is 91.7 Å². The molecular formula is C25H45NO2Si. The number of hydrogen-bond acceptors (Lipinski definition) is 2. The summed E-state index contributed by atoms with van der Waals surface area (Å²) in [4.78, 5) is 14.5. The number of carbonyl (C=O) groups excluding carboxylic acids is 1. The van der Waals surface area contributed by atoms with E-state index in [1.165, 1.54) is 38.5 Å². The maximum Gasteiger partial charge on any atom is 0.222 e.